The van der Waals surface area contributed by atoms with Gasteiger partial charge in [-0.05, 0) is 38.8 Å². The number of hydrogen-bond acceptors (Lipinski definition) is 8. The van der Waals surface area contributed by atoms with Gasteiger partial charge in [-0.1, -0.05) is 12.1 Å². The smallest absolute Gasteiger partial charge is 0.298 e. The van der Waals surface area contributed by atoms with Crippen LogP contribution in [0.15, 0.2) is 24.3 Å². The maximum Gasteiger partial charge on any atom is 0.298 e. The Kier molecular flexibility index (Phi) is 6.37. The molecule has 0 spiro atoms. The Balaban J connectivity index is 1.50. The molecule has 2 unspecified atom stereocenters. The third-order valence-electron chi connectivity index (χ3n) is 6.83. The number of aromatic hydroxyl groups is 1. The highest BCUT2D eigenvalue weighted by atomic mass is 19.3. The summed E-state index contributed by atoms with van der Waals surface area (Å²) in [6, 6.07) is 4.96. The zero-order valence-corrected chi connectivity index (χ0v) is 20.3. The summed E-state index contributed by atoms with van der Waals surface area (Å²) in [4.78, 5) is 6.44. The summed E-state index contributed by atoms with van der Waals surface area (Å²) in [5.74, 6) is -4.29. The number of aryl methyl sites for hydroxylation is 1. The lowest BCUT2D eigenvalue weighted by atomic mass is 10.00. The summed E-state index contributed by atoms with van der Waals surface area (Å²) >= 11 is 0. The lowest BCUT2D eigenvalue weighted by Crippen LogP contribution is -2.42. The Morgan fingerprint density at radius 2 is 1.97 bits per heavy atom. The van der Waals surface area contributed by atoms with E-state index in [2.05, 4.69) is 30.1 Å². The maximum atomic E-state index is 15.2. The van der Waals surface area contributed by atoms with Crippen molar-refractivity contribution in [3.8, 4) is 5.88 Å². The average Bonchev–Trinajstić information content (AvgIpc) is 3.18. The maximum absolute atomic E-state index is 15.2. The topological polar surface area (TPSA) is 92.6 Å². The van der Waals surface area contributed by atoms with Gasteiger partial charge in [0.1, 0.15) is 23.6 Å². The molecule has 2 aliphatic rings. The predicted molar refractivity (Wildman–Crippen MR) is 128 cm³/mol. The van der Waals surface area contributed by atoms with E-state index in [0.29, 0.717) is 41.2 Å². The van der Waals surface area contributed by atoms with Crippen molar-refractivity contribution in [3.63, 3.8) is 0 Å². The van der Waals surface area contributed by atoms with Gasteiger partial charge in [-0.25, -0.2) is 9.37 Å². The minimum Gasteiger partial charge on any atom is -0.492 e. The van der Waals surface area contributed by atoms with Crippen LogP contribution in [0.4, 0.5) is 24.7 Å². The molecule has 2 aliphatic heterocycles. The number of rotatable bonds is 7. The van der Waals surface area contributed by atoms with Gasteiger partial charge in [0.2, 0.25) is 5.88 Å². The molecule has 2 N–H and O–H groups in total. The van der Waals surface area contributed by atoms with E-state index in [1.807, 2.05) is 0 Å². The van der Waals surface area contributed by atoms with E-state index in [9.17, 15) is 13.9 Å². The minimum atomic E-state index is -3.47. The Morgan fingerprint density at radius 3 is 2.67 bits per heavy atom. The molecule has 0 aliphatic carbocycles. The standard InChI is InChI=1S/C25H28F3N5O3/c1-13(17-5-4-6-19(21(17)26)25(27,28)12-35-3)29-23-18-9-20(24(34)30-22(18)14(2)31-32-23)33-10-15-7-8-16(11-33)36-15/h4-6,9,13,15-16H,7-8,10-12H2,1-3H3,(H,29,32)(H,30,34)/t13-,15?,16?/m1/s1. The Morgan fingerprint density at radius 1 is 1.25 bits per heavy atom. The number of nitrogens with zero attached hydrogens (tertiary/aromatic N) is 4. The number of morpholine rings is 1. The van der Waals surface area contributed by atoms with Crippen molar-refractivity contribution in [2.45, 2.75) is 50.9 Å². The molecular formula is C25H28F3N5O3. The molecule has 5 rings (SSSR count). The highest BCUT2D eigenvalue weighted by Crippen LogP contribution is 2.38. The quantitative estimate of drug-likeness (QED) is 0.489. The lowest BCUT2D eigenvalue weighted by molar-refractivity contribution is -0.0722. The minimum absolute atomic E-state index is 0.0514. The highest BCUT2D eigenvalue weighted by Gasteiger charge is 2.37. The molecule has 3 atom stereocenters. The molecule has 1 aromatic carbocycles. The molecule has 2 saturated heterocycles. The molecule has 0 saturated carbocycles. The number of methoxy groups -OCH3 is 1. The van der Waals surface area contributed by atoms with Crippen LogP contribution >= 0.6 is 0 Å². The molecule has 3 aromatic rings. The first-order valence-electron chi connectivity index (χ1n) is 11.9. The third kappa shape index (κ3) is 4.41. The molecule has 2 fully saturated rings. The number of aromatic nitrogens is 3. The third-order valence-corrected chi connectivity index (χ3v) is 6.83. The van der Waals surface area contributed by atoms with Crippen molar-refractivity contribution >= 4 is 22.4 Å². The second kappa shape index (κ2) is 9.36. The number of halogens is 3. The lowest BCUT2D eigenvalue weighted by Gasteiger charge is -2.34. The number of fused-ring (bicyclic) bond motifs is 3. The first-order valence-corrected chi connectivity index (χ1v) is 11.9. The normalized spacial score (nSPS) is 20.7. The Bertz CT molecular complexity index is 1280. The van der Waals surface area contributed by atoms with E-state index in [0.717, 1.165) is 26.0 Å². The SMILES string of the molecule is COCC(F)(F)c1cccc([C@@H](C)Nc2nnc(C)c3nc(O)c(N4CC5CCC(C4)O5)cc23)c1F. The summed E-state index contributed by atoms with van der Waals surface area (Å²) in [6.07, 6.45) is 2.18. The fourth-order valence-corrected chi connectivity index (χ4v) is 5.04. The van der Waals surface area contributed by atoms with Gasteiger partial charge in [-0.15, -0.1) is 5.10 Å². The number of benzene rings is 1. The van der Waals surface area contributed by atoms with E-state index in [1.54, 1.807) is 19.9 Å². The van der Waals surface area contributed by atoms with Gasteiger partial charge >= 0.3 is 0 Å². The zero-order chi connectivity index (χ0) is 25.6. The van der Waals surface area contributed by atoms with Crippen LogP contribution in [0.1, 0.15) is 42.6 Å². The van der Waals surface area contributed by atoms with Crippen LogP contribution < -0.4 is 10.2 Å². The summed E-state index contributed by atoms with van der Waals surface area (Å²) in [5, 5.41) is 22.8. The number of alkyl halides is 2. The summed E-state index contributed by atoms with van der Waals surface area (Å²) in [5.41, 5.74) is 0.831. The van der Waals surface area contributed by atoms with Gasteiger partial charge < -0.3 is 24.8 Å². The molecule has 2 aromatic heterocycles. The van der Waals surface area contributed by atoms with Crippen LogP contribution in [0.2, 0.25) is 0 Å². The van der Waals surface area contributed by atoms with Gasteiger partial charge in [0, 0.05) is 31.1 Å². The van der Waals surface area contributed by atoms with Gasteiger partial charge in [-0.3, -0.25) is 0 Å². The fourth-order valence-electron chi connectivity index (χ4n) is 5.04. The van der Waals surface area contributed by atoms with Gasteiger partial charge in [-0.2, -0.15) is 13.9 Å². The van der Waals surface area contributed by atoms with Crippen molar-refractivity contribution in [2.24, 2.45) is 0 Å². The monoisotopic (exact) mass is 503 g/mol. The van der Waals surface area contributed by atoms with Crippen LogP contribution in [0.5, 0.6) is 5.88 Å². The van der Waals surface area contributed by atoms with Crippen molar-refractivity contribution < 1.29 is 27.8 Å². The molecule has 0 amide bonds. The van der Waals surface area contributed by atoms with Gasteiger partial charge in [0.05, 0.1) is 29.5 Å². The summed E-state index contributed by atoms with van der Waals surface area (Å²) in [7, 11) is 1.14. The number of anilines is 2. The van der Waals surface area contributed by atoms with Crippen molar-refractivity contribution in [1.29, 1.82) is 0 Å². The Hall–Kier alpha value is -3.18. The molecule has 11 heteroatoms. The van der Waals surface area contributed by atoms with E-state index in [4.69, 9.17) is 4.74 Å². The van der Waals surface area contributed by atoms with Crippen LogP contribution in [0, 0.1) is 12.7 Å². The van der Waals surface area contributed by atoms with E-state index in [1.165, 1.54) is 12.1 Å². The first-order chi connectivity index (χ1) is 17.2. The molecule has 8 nitrogen and oxygen atoms in total. The molecule has 192 valence electrons. The van der Waals surface area contributed by atoms with Crippen molar-refractivity contribution in [2.75, 3.05) is 37.0 Å². The molecular weight excluding hydrogens is 475 g/mol. The molecule has 4 heterocycles. The molecule has 36 heavy (non-hydrogen) atoms. The number of hydrogen-bond donors (Lipinski definition) is 2. The van der Waals surface area contributed by atoms with Crippen molar-refractivity contribution in [3.05, 3.63) is 46.9 Å². The zero-order valence-electron chi connectivity index (χ0n) is 20.3. The van der Waals surface area contributed by atoms with Crippen LogP contribution in [-0.4, -0.2) is 59.3 Å². The number of ether oxygens (including phenoxy) is 2. The van der Waals surface area contributed by atoms with Crippen LogP contribution in [0.3, 0.4) is 0 Å². The Labute approximate surface area is 206 Å². The average molecular weight is 504 g/mol. The van der Waals surface area contributed by atoms with E-state index >= 15 is 4.39 Å². The second-order valence-corrected chi connectivity index (χ2v) is 9.44. The molecule has 2 bridgehead atoms. The van der Waals surface area contributed by atoms with E-state index < -0.39 is 30.0 Å². The summed E-state index contributed by atoms with van der Waals surface area (Å²) in [6.45, 7) is 3.73. The highest BCUT2D eigenvalue weighted by molar-refractivity contribution is 5.93. The largest absolute Gasteiger partial charge is 0.492 e. The van der Waals surface area contributed by atoms with Crippen LogP contribution in [-0.2, 0) is 15.4 Å². The molecule has 0 radical (unpaired) electrons. The van der Waals surface area contributed by atoms with Crippen LogP contribution in [0.25, 0.3) is 10.9 Å². The fraction of sp³-hybridized carbons (Fsp3) is 0.480. The predicted octanol–water partition coefficient (Wildman–Crippen LogP) is 4.46. The van der Waals surface area contributed by atoms with E-state index in [-0.39, 0.29) is 23.7 Å². The number of nitrogens with one attached hydrogen (secondary N) is 1. The van der Waals surface area contributed by atoms with Gasteiger partial charge in [0.15, 0.2) is 5.82 Å². The van der Waals surface area contributed by atoms with Gasteiger partial charge in [0.25, 0.3) is 5.92 Å². The second-order valence-electron chi connectivity index (χ2n) is 9.44. The number of pyridine rings is 1. The van der Waals surface area contributed by atoms with Crippen molar-refractivity contribution in [1.82, 2.24) is 15.2 Å². The summed E-state index contributed by atoms with van der Waals surface area (Å²) < 4.78 is 54.5. The first kappa shape index (κ1) is 24.5.